The van der Waals surface area contributed by atoms with Crippen LogP contribution in [0.2, 0.25) is 0 Å². The van der Waals surface area contributed by atoms with E-state index in [1.807, 2.05) is 13.1 Å². The van der Waals surface area contributed by atoms with Gasteiger partial charge in [0.2, 0.25) is 0 Å². The maximum atomic E-state index is 9.55. The predicted molar refractivity (Wildman–Crippen MR) is 60.1 cm³/mol. The number of hydrogen-bond donors (Lipinski definition) is 1. The highest BCUT2D eigenvalue weighted by molar-refractivity contribution is 5.40. The molecule has 0 saturated heterocycles. The van der Waals surface area contributed by atoms with Crippen molar-refractivity contribution in [2.75, 3.05) is 32.2 Å². The quantitative estimate of drug-likeness (QED) is 0.779. The Balaban J connectivity index is 2.65. The largest absolute Gasteiger partial charge is 0.389 e. The summed E-state index contributed by atoms with van der Waals surface area (Å²) in [6.07, 6.45) is -0.567. The van der Waals surface area contributed by atoms with Crippen LogP contribution in [0.25, 0.3) is 0 Å². The summed E-state index contributed by atoms with van der Waals surface area (Å²) < 4.78 is 4.84. The molecule has 1 atom stereocenters. The zero-order valence-electron chi connectivity index (χ0n) is 9.42. The van der Waals surface area contributed by atoms with Crippen LogP contribution in [0.4, 0.5) is 5.82 Å². The smallest absolute Gasteiger partial charge is 0.142 e. The predicted octanol–water partition coefficient (Wildman–Crippen LogP) is 0.397. The highest BCUT2D eigenvalue weighted by atomic mass is 16.5. The van der Waals surface area contributed by atoms with Crippen molar-refractivity contribution in [2.24, 2.45) is 0 Å². The molecule has 1 heterocycles. The van der Waals surface area contributed by atoms with Crippen LogP contribution in [0, 0.1) is 11.3 Å². The van der Waals surface area contributed by atoms with Crippen molar-refractivity contribution in [3.8, 4) is 6.07 Å². The van der Waals surface area contributed by atoms with Crippen molar-refractivity contribution < 1.29 is 9.84 Å². The van der Waals surface area contributed by atoms with Crippen molar-refractivity contribution in [2.45, 2.75) is 6.10 Å². The number of pyridine rings is 1. The average Bonchev–Trinajstić information content (AvgIpc) is 2.29. The molecule has 1 N–H and O–H groups in total. The number of likely N-dealkylation sites (N-methyl/N-ethyl adjacent to an activating group) is 1. The second-order valence-corrected chi connectivity index (χ2v) is 3.48. The molecule has 0 aliphatic carbocycles. The topological polar surface area (TPSA) is 69.4 Å². The molecule has 1 unspecified atom stereocenters. The van der Waals surface area contributed by atoms with Gasteiger partial charge in [-0.25, -0.2) is 4.98 Å². The van der Waals surface area contributed by atoms with Crippen LogP contribution in [0.1, 0.15) is 5.69 Å². The molecule has 86 valence electrons. The number of rotatable bonds is 5. The third kappa shape index (κ3) is 3.50. The van der Waals surface area contributed by atoms with Crippen LogP contribution >= 0.6 is 0 Å². The minimum atomic E-state index is -0.567. The first kappa shape index (κ1) is 12.4. The monoisotopic (exact) mass is 221 g/mol. The lowest BCUT2D eigenvalue weighted by molar-refractivity contribution is 0.0694. The number of nitriles is 1. The van der Waals surface area contributed by atoms with E-state index in [1.165, 1.54) is 7.11 Å². The van der Waals surface area contributed by atoms with Gasteiger partial charge in [-0.2, -0.15) is 5.26 Å². The maximum absolute atomic E-state index is 9.55. The number of nitrogens with zero attached hydrogens (tertiary/aromatic N) is 3. The summed E-state index contributed by atoms with van der Waals surface area (Å²) in [7, 11) is 3.35. The van der Waals surface area contributed by atoms with E-state index in [9.17, 15) is 5.11 Å². The van der Waals surface area contributed by atoms with Gasteiger partial charge in [-0.05, 0) is 12.1 Å². The number of hydrogen-bond acceptors (Lipinski definition) is 5. The van der Waals surface area contributed by atoms with E-state index in [-0.39, 0.29) is 6.61 Å². The van der Waals surface area contributed by atoms with Crippen LogP contribution in [0.15, 0.2) is 18.2 Å². The molecule has 0 bridgehead atoms. The number of aliphatic hydroxyl groups excluding tert-OH is 1. The zero-order valence-corrected chi connectivity index (χ0v) is 9.42. The first-order valence-corrected chi connectivity index (χ1v) is 4.92. The second kappa shape index (κ2) is 6.05. The van der Waals surface area contributed by atoms with Gasteiger partial charge in [0.25, 0.3) is 0 Å². The van der Waals surface area contributed by atoms with Crippen molar-refractivity contribution >= 4 is 5.82 Å². The van der Waals surface area contributed by atoms with Gasteiger partial charge in [-0.15, -0.1) is 0 Å². The van der Waals surface area contributed by atoms with Crippen LogP contribution < -0.4 is 4.90 Å². The fourth-order valence-electron chi connectivity index (χ4n) is 1.35. The van der Waals surface area contributed by atoms with Crippen LogP contribution in [-0.4, -0.2) is 43.5 Å². The summed E-state index contributed by atoms with van der Waals surface area (Å²) in [6, 6.07) is 7.17. The Morgan fingerprint density at radius 1 is 1.62 bits per heavy atom. The third-order valence-electron chi connectivity index (χ3n) is 2.08. The molecule has 0 spiro atoms. The van der Waals surface area contributed by atoms with Gasteiger partial charge in [0.1, 0.15) is 17.6 Å². The molecule has 1 rings (SSSR count). The molecule has 0 aliphatic heterocycles. The van der Waals surface area contributed by atoms with Gasteiger partial charge in [-0.1, -0.05) is 6.07 Å². The maximum Gasteiger partial charge on any atom is 0.142 e. The fourth-order valence-corrected chi connectivity index (χ4v) is 1.35. The Morgan fingerprint density at radius 2 is 2.38 bits per heavy atom. The molecular weight excluding hydrogens is 206 g/mol. The molecule has 0 saturated carbocycles. The minimum Gasteiger partial charge on any atom is -0.389 e. The Labute approximate surface area is 94.9 Å². The fraction of sp³-hybridized carbons (Fsp3) is 0.455. The number of anilines is 1. The lowest BCUT2D eigenvalue weighted by Crippen LogP contribution is -2.32. The molecule has 5 nitrogen and oxygen atoms in total. The summed E-state index contributed by atoms with van der Waals surface area (Å²) in [5, 5.41) is 18.3. The highest BCUT2D eigenvalue weighted by Crippen LogP contribution is 2.09. The van der Waals surface area contributed by atoms with E-state index >= 15 is 0 Å². The van der Waals surface area contributed by atoms with Crippen molar-refractivity contribution in [3.63, 3.8) is 0 Å². The lowest BCUT2D eigenvalue weighted by atomic mass is 10.3. The molecule has 0 radical (unpaired) electrons. The van der Waals surface area contributed by atoms with Crippen molar-refractivity contribution in [1.82, 2.24) is 4.98 Å². The van der Waals surface area contributed by atoms with E-state index < -0.39 is 6.10 Å². The van der Waals surface area contributed by atoms with Gasteiger partial charge in [0.05, 0.1) is 12.7 Å². The molecule has 16 heavy (non-hydrogen) atoms. The van der Waals surface area contributed by atoms with Crippen molar-refractivity contribution in [3.05, 3.63) is 23.9 Å². The van der Waals surface area contributed by atoms with E-state index in [0.29, 0.717) is 18.1 Å². The lowest BCUT2D eigenvalue weighted by Gasteiger charge is -2.21. The second-order valence-electron chi connectivity index (χ2n) is 3.48. The highest BCUT2D eigenvalue weighted by Gasteiger charge is 2.09. The Bertz CT molecular complexity index is 376. The van der Waals surface area contributed by atoms with Crippen LogP contribution in [0.3, 0.4) is 0 Å². The average molecular weight is 221 g/mol. The molecule has 5 heteroatoms. The van der Waals surface area contributed by atoms with Gasteiger partial charge in [-0.3, -0.25) is 0 Å². The first-order chi connectivity index (χ1) is 7.67. The first-order valence-electron chi connectivity index (χ1n) is 4.92. The Morgan fingerprint density at radius 3 is 3.00 bits per heavy atom. The number of aromatic nitrogens is 1. The van der Waals surface area contributed by atoms with Crippen molar-refractivity contribution in [1.29, 1.82) is 5.26 Å². The summed E-state index contributed by atoms with van der Waals surface area (Å²) in [5.74, 6) is 0.661. The Kier molecular flexibility index (Phi) is 4.70. The molecule has 0 fully saturated rings. The zero-order chi connectivity index (χ0) is 12.0. The molecule has 1 aromatic rings. The molecule has 0 aromatic carbocycles. The van der Waals surface area contributed by atoms with Gasteiger partial charge in [0, 0.05) is 20.7 Å². The normalized spacial score (nSPS) is 11.9. The van der Waals surface area contributed by atoms with E-state index in [4.69, 9.17) is 10.00 Å². The number of methoxy groups -OCH3 is 1. The third-order valence-corrected chi connectivity index (χ3v) is 2.08. The van der Waals surface area contributed by atoms with E-state index in [2.05, 4.69) is 4.98 Å². The van der Waals surface area contributed by atoms with Gasteiger partial charge >= 0.3 is 0 Å². The van der Waals surface area contributed by atoms with Crippen LogP contribution in [0.5, 0.6) is 0 Å². The van der Waals surface area contributed by atoms with Gasteiger partial charge in [0.15, 0.2) is 0 Å². The Hall–Kier alpha value is -1.64. The number of ether oxygens (including phenoxy) is 1. The standard InChI is InChI=1S/C11H15N3O2/c1-14(7-10(15)8-16-2)11-5-3-4-9(6-12)13-11/h3-5,10,15H,7-8H2,1-2H3. The van der Waals surface area contributed by atoms with E-state index in [1.54, 1.807) is 23.1 Å². The van der Waals surface area contributed by atoms with Crippen LogP contribution in [-0.2, 0) is 4.74 Å². The molecule has 0 aliphatic rings. The summed E-state index contributed by atoms with van der Waals surface area (Å²) in [5.41, 5.74) is 0.366. The van der Waals surface area contributed by atoms with Gasteiger partial charge < -0.3 is 14.7 Å². The summed E-state index contributed by atoms with van der Waals surface area (Å²) >= 11 is 0. The van der Waals surface area contributed by atoms with E-state index in [0.717, 1.165) is 0 Å². The SMILES string of the molecule is COCC(O)CN(C)c1cccc(C#N)n1. The molecule has 1 aromatic heterocycles. The summed E-state index contributed by atoms with van der Waals surface area (Å²) in [6.45, 7) is 0.692. The molecule has 0 amide bonds. The minimum absolute atomic E-state index is 0.280. The summed E-state index contributed by atoms with van der Waals surface area (Å²) in [4.78, 5) is 5.90. The number of aliphatic hydroxyl groups is 1. The molecular formula is C11H15N3O2.